The molecule has 4 nitrogen and oxygen atoms in total. The lowest BCUT2D eigenvalue weighted by Crippen LogP contribution is -2.18. The Morgan fingerprint density at radius 3 is 2.75 bits per heavy atom. The molecule has 4 rings (SSSR count). The minimum atomic E-state index is 0.224. The summed E-state index contributed by atoms with van der Waals surface area (Å²) in [5, 5.41) is 4.93. The zero-order chi connectivity index (χ0) is 22.5. The molecule has 1 N–H and O–H groups in total. The minimum absolute atomic E-state index is 0.224. The molecule has 1 aromatic heterocycles. The minimum Gasteiger partial charge on any atom is -0.501 e. The van der Waals surface area contributed by atoms with Crippen LogP contribution in [0.4, 0.5) is 0 Å². The van der Waals surface area contributed by atoms with Gasteiger partial charge in [-0.3, -0.25) is 0 Å². The van der Waals surface area contributed by atoms with Gasteiger partial charge in [-0.2, -0.15) is 0 Å². The van der Waals surface area contributed by atoms with Crippen LogP contribution < -0.4 is 10.1 Å². The maximum Gasteiger partial charge on any atom is 0.119 e. The maximum absolute atomic E-state index is 5.56. The van der Waals surface area contributed by atoms with Crippen molar-refractivity contribution in [3.05, 3.63) is 95.4 Å². The summed E-state index contributed by atoms with van der Waals surface area (Å²) in [6.07, 6.45) is 11.7. The number of rotatable bonds is 8. The highest BCUT2D eigenvalue weighted by Gasteiger charge is 2.14. The van der Waals surface area contributed by atoms with E-state index in [1.54, 1.807) is 14.2 Å². The number of nitrogens with one attached hydrogen (secondary N) is 1. The molecule has 0 spiro atoms. The molecule has 4 heteroatoms. The summed E-state index contributed by atoms with van der Waals surface area (Å²) in [7, 11) is 3.45. The third-order valence-corrected chi connectivity index (χ3v) is 6.11. The molecular weight excluding hydrogens is 396 g/mol. The van der Waals surface area contributed by atoms with Crippen molar-refractivity contribution < 1.29 is 9.47 Å². The first-order chi connectivity index (χ1) is 15.6. The number of ether oxygens (including phenoxy) is 2. The first-order valence-electron chi connectivity index (χ1n) is 11.2. The molecule has 0 saturated heterocycles. The Hall–Kier alpha value is -3.24. The van der Waals surface area contributed by atoms with Crippen LogP contribution in [0.5, 0.6) is 5.75 Å². The molecule has 3 aromatic rings. The zero-order valence-corrected chi connectivity index (χ0v) is 19.4. The summed E-state index contributed by atoms with van der Waals surface area (Å²) in [5.41, 5.74) is 6.17. The van der Waals surface area contributed by atoms with Crippen LogP contribution >= 0.6 is 0 Å². The number of aryl methyl sites for hydroxylation is 1. The van der Waals surface area contributed by atoms with Crippen LogP contribution in [-0.2, 0) is 17.8 Å². The molecule has 166 valence electrons. The van der Waals surface area contributed by atoms with E-state index in [4.69, 9.17) is 9.47 Å². The van der Waals surface area contributed by atoms with Gasteiger partial charge in [0.05, 0.1) is 20.0 Å². The lowest BCUT2D eigenvalue weighted by atomic mass is 10.0. The van der Waals surface area contributed by atoms with Crippen molar-refractivity contribution in [1.82, 2.24) is 9.88 Å². The fourth-order valence-electron chi connectivity index (χ4n) is 4.19. The van der Waals surface area contributed by atoms with Crippen molar-refractivity contribution in [3.8, 4) is 5.75 Å². The van der Waals surface area contributed by atoms with Gasteiger partial charge in [-0.15, -0.1) is 0 Å². The highest BCUT2D eigenvalue weighted by molar-refractivity contribution is 5.96. The molecule has 0 radical (unpaired) electrons. The van der Waals surface area contributed by atoms with Crippen molar-refractivity contribution in [2.24, 2.45) is 0 Å². The number of fused-ring (bicyclic) bond motifs is 1. The molecule has 1 heterocycles. The van der Waals surface area contributed by atoms with Crippen molar-refractivity contribution in [2.75, 3.05) is 14.2 Å². The molecule has 0 aliphatic heterocycles. The number of allylic oxidation sites excluding steroid dienone is 5. The third kappa shape index (κ3) is 4.66. The Balaban J connectivity index is 1.62. The van der Waals surface area contributed by atoms with E-state index in [-0.39, 0.29) is 6.04 Å². The van der Waals surface area contributed by atoms with Gasteiger partial charge in [0.25, 0.3) is 0 Å². The average molecular weight is 429 g/mol. The van der Waals surface area contributed by atoms with Crippen LogP contribution in [0, 0.1) is 0 Å². The maximum atomic E-state index is 5.56. The van der Waals surface area contributed by atoms with Crippen molar-refractivity contribution in [2.45, 2.75) is 39.4 Å². The monoisotopic (exact) mass is 428 g/mol. The molecule has 1 atom stereocenters. The average Bonchev–Trinajstić information content (AvgIpc) is 3.03. The Kier molecular flexibility index (Phi) is 6.81. The largest absolute Gasteiger partial charge is 0.501 e. The molecular formula is C28H32N2O2. The second-order valence-electron chi connectivity index (χ2n) is 8.13. The summed E-state index contributed by atoms with van der Waals surface area (Å²) >= 11 is 0. The quantitative estimate of drug-likeness (QED) is 0.451. The summed E-state index contributed by atoms with van der Waals surface area (Å²) < 4.78 is 13.2. The number of hydrogen-bond acceptors (Lipinski definition) is 3. The van der Waals surface area contributed by atoms with E-state index < -0.39 is 0 Å². The summed E-state index contributed by atoms with van der Waals surface area (Å²) in [6, 6.07) is 15.2. The molecule has 1 unspecified atom stereocenters. The summed E-state index contributed by atoms with van der Waals surface area (Å²) in [4.78, 5) is 0. The van der Waals surface area contributed by atoms with Gasteiger partial charge >= 0.3 is 0 Å². The summed E-state index contributed by atoms with van der Waals surface area (Å²) in [6.45, 7) is 6.10. The topological polar surface area (TPSA) is 35.4 Å². The predicted molar refractivity (Wildman–Crippen MR) is 133 cm³/mol. The molecule has 1 aliphatic carbocycles. The normalized spacial score (nSPS) is 14.6. The van der Waals surface area contributed by atoms with Crippen LogP contribution in [0.15, 0.2) is 78.7 Å². The lowest BCUT2D eigenvalue weighted by molar-refractivity contribution is 0.285. The third-order valence-electron chi connectivity index (χ3n) is 6.11. The molecule has 2 aromatic carbocycles. The van der Waals surface area contributed by atoms with Gasteiger partial charge in [0.15, 0.2) is 0 Å². The van der Waals surface area contributed by atoms with Gasteiger partial charge in [-0.25, -0.2) is 0 Å². The number of benzene rings is 2. The molecule has 1 aliphatic rings. The fourth-order valence-corrected chi connectivity index (χ4v) is 4.19. The van der Waals surface area contributed by atoms with E-state index >= 15 is 0 Å². The van der Waals surface area contributed by atoms with Gasteiger partial charge in [0, 0.05) is 48.2 Å². The Morgan fingerprint density at radius 1 is 1.09 bits per heavy atom. The van der Waals surface area contributed by atoms with Crippen molar-refractivity contribution >= 4 is 16.5 Å². The fraction of sp³-hybridized carbons (Fsp3) is 0.286. The SMILES string of the molecule is CCn1cc(C2=CC=CCC(OC)=C2)c2cc(CNC(C)c3cccc(OC)c3)ccc21. The van der Waals surface area contributed by atoms with Crippen LogP contribution in [0.3, 0.4) is 0 Å². The Labute approximate surface area is 190 Å². The van der Waals surface area contributed by atoms with E-state index in [1.807, 2.05) is 12.1 Å². The van der Waals surface area contributed by atoms with E-state index in [9.17, 15) is 0 Å². The number of aromatic nitrogens is 1. The molecule has 0 bridgehead atoms. The highest BCUT2D eigenvalue weighted by atomic mass is 16.5. The van der Waals surface area contributed by atoms with Crippen molar-refractivity contribution in [3.63, 3.8) is 0 Å². The van der Waals surface area contributed by atoms with Crippen LogP contribution in [0.25, 0.3) is 16.5 Å². The second kappa shape index (κ2) is 9.92. The Bertz CT molecular complexity index is 1180. The molecule has 0 amide bonds. The van der Waals surface area contributed by atoms with Gasteiger partial charge < -0.3 is 19.4 Å². The molecule has 0 saturated carbocycles. The van der Waals surface area contributed by atoms with E-state index in [0.29, 0.717) is 0 Å². The number of nitrogens with zero attached hydrogens (tertiary/aromatic N) is 1. The van der Waals surface area contributed by atoms with Crippen LogP contribution in [0.2, 0.25) is 0 Å². The van der Waals surface area contributed by atoms with E-state index in [1.165, 1.54) is 33.2 Å². The van der Waals surface area contributed by atoms with Crippen LogP contribution in [0.1, 0.15) is 43.0 Å². The van der Waals surface area contributed by atoms with Gasteiger partial charge in [-0.05, 0) is 60.9 Å². The summed E-state index contributed by atoms with van der Waals surface area (Å²) in [5.74, 6) is 1.87. The number of methoxy groups -OCH3 is 2. The standard InChI is InChI=1S/C28H32N2O2/c1-5-30-19-27(23-9-6-7-11-24(17-23)31-3)26-15-21(13-14-28(26)30)18-29-20(2)22-10-8-12-25(16-22)32-4/h6-10,12-17,19-20,29H,5,11,18H2,1-4H3. The van der Waals surface area contributed by atoms with Gasteiger partial charge in [-0.1, -0.05) is 36.4 Å². The van der Waals surface area contributed by atoms with Crippen molar-refractivity contribution in [1.29, 1.82) is 0 Å². The smallest absolute Gasteiger partial charge is 0.119 e. The molecule has 0 fully saturated rings. The first kappa shape index (κ1) is 22.0. The first-order valence-corrected chi connectivity index (χ1v) is 11.2. The zero-order valence-electron chi connectivity index (χ0n) is 19.4. The highest BCUT2D eigenvalue weighted by Crippen LogP contribution is 2.31. The van der Waals surface area contributed by atoms with Gasteiger partial charge in [0.1, 0.15) is 5.75 Å². The van der Waals surface area contributed by atoms with Gasteiger partial charge in [0.2, 0.25) is 0 Å². The predicted octanol–water partition coefficient (Wildman–Crippen LogP) is 6.39. The second-order valence-corrected chi connectivity index (χ2v) is 8.13. The van der Waals surface area contributed by atoms with Crippen LogP contribution in [-0.4, -0.2) is 18.8 Å². The van der Waals surface area contributed by atoms with E-state index in [2.05, 4.69) is 84.6 Å². The number of hydrogen-bond donors (Lipinski definition) is 1. The lowest BCUT2D eigenvalue weighted by Gasteiger charge is -2.15. The molecule has 32 heavy (non-hydrogen) atoms. The van der Waals surface area contributed by atoms with E-state index in [0.717, 1.165) is 31.0 Å². The Morgan fingerprint density at radius 2 is 1.97 bits per heavy atom.